The fourth-order valence-corrected chi connectivity index (χ4v) is 3.12. The highest BCUT2D eigenvalue weighted by atomic mass is 19.2. The molecule has 1 aromatic carbocycles. The number of aromatic nitrogens is 4. The fourth-order valence-electron chi connectivity index (χ4n) is 3.12. The highest BCUT2D eigenvalue weighted by molar-refractivity contribution is 5.85. The second-order valence-electron chi connectivity index (χ2n) is 6.28. The van der Waals surface area contributed by atoms with Gasteiger partial charge in [-0.15, -0.1) is 6.42 Å². The largest absolute Gasteiger partial charge is 0.386 e. The van der Waals surface area contributed by atoms with E-state index < -0.39 is 30.4 Å². The Bertz CT molecular complexity index is 1080. The lowest BCUT2D eigenvalue weighted by Crippen LogP contribution is -2.30. The van der Waals surface area contributed by atoms with Gasteiger partial charge in [-0.25, -0.2) is 19.3 Å². The van der Waals surface area contributed by atoms with Crippen LogP contribution in [-0.4, -0.2) is 48.0 Å². The van der Waals surface area contributed by atoms with Crippen molar-refractivity contribution >= 4 is 22.7 Å². The second kappa shape index (κ2) is 6.79. The smallest absolute Gasteiger partial charge is 0.194 e. The molecule has 1 saturated heterocycles. The molecular weight excluding hydrogens is 372 g/mol. The maximum Gasteiger partial charge on any atom is 0.194 e. The van der Waals surface area contributed by atoms with Crippen molar-refractivity contribution in [1.82, 2.24) is 19.5 Å². The first kappa shape index (κ1) is 18.2. The monoisotopic (exact) mass is 387 g/mol. The predicted molar refractivity (Wildman–Crippen MR) is 94.5 cm³/mol. The molecule has 0 saturated carbocycles. The van der Waals surface area contributed by atoms with Gasteiger partial charge in [0.1, 0.15) is 30.5 Å². The number of rotatable bonds is 3. The fraction of sp³-hybridized carbons (Fsp3) is 0.278. The predicted octanol–water partition coefficient (Wildman–Crippen LogP) is 1.55. The van der Waals surface area contributed by atoms with Crippen molar-refractivity contribution in [3.8, 4) is 12.3 Å². The topological polar surface area (TPSA) is 96.5 Å². The lowest BCUT2D eigenvalue weighted by atomic mass is 10.1. The Hall–Kier alpha value is -3.13. The van der Waals surface area contributed by atoms with Crippen molar-refractivity contribution in [1.29, 1.82) is 0 Å². The summed E-state index contributed by atoms with van der Waals surface area (Å²) in [5, 5.41) is 20.4. The zero-order valence-corrected chi connectivity index (χ0v) is 14.6. The minimum atomic E-state index is -1.33. The Balaban J connectivity index is 1.78. The van der Waals surface area contributed by atoms with Gasteiger partial charge < -0.3 is 14.9 Å². The molecule has 4 atom stereocenters. The number of imidazole rings is 1. The molecule has 10 heteroatoms. The highest BCUT2D eigenvalue weighted by Crippen LogP contribution is 2.35. The molecule has 1 aliphatic heterocycles. The summed E-state index contributed by atoms with van der Waals surface area (Å²) in [6.45, 7) is 1.44. The van der Waals surface area contributed by atoms with E-state index in [4.69, 9.17) is 11.2 Å². The third-order valence-electron chi connectivity index (χ3n) is 4.65. The van der Waals surface area contributed by atoms with Crippen molar-refractivity contribution < 1.29 is 23.8 Å². The number of aliphatic hydroxyl groups excluding tert-OH is 2. The number of benzene rings is 1. The molecule has 1 fully saturated rings. The van der Waals surface area contributed by atoms with Gasteiger partial charge in [-0.1, -0.05) is 16.5 Å². The van der Waals surface area contributed by atoms with E-state index in [-0.39, 0.29) is 33.4 Å². The summed E-state index contributed by atoms with van der Waals surface area (Å²) < 4.78 is 35.7. The van der Waals surface area contributed by atoms with Gasteiger partial charge in [0.25, 0.3) is 0 Å². The number of aliphatic hydroxyl groups is 2. The van der Waals surface area contributed by atoms with Gasteiger partial charge in [-0.2, -0.15) is 5.12 Å². The van der Waals surface area contributed by atoms with E-state index in [9.17, 15) is 14.6 Å². The number of fused-ring (bicyclic) bond motifs is 1. The van der Waals surface area contributed by atoms with Gasteiger partial charge in [0, 0.05) is 5.56 Å². The van der Waals surface area contributed by atoms with Crippen LogP contribution in [0.3, 0.4) is 0 Å². The summed E-state index contributed by atoms with van der Waals surface area (Å²) in [5.74, 6) is 1.47. The van der Waals surface area contributed by atoms with Gasteiger partial charge in [-0.05, 0) is 19.1 Å². The minimum absolute atomic E-state index is 0.0329. The quantitative estimate of drug-likeness (QED) is 0.520. The third-order valence-corrected chi connectivity index (χ3v) is 4.65. The molecule has 8 nitrogen and oxygen atoms in total. The molecule has 3 heterocycles. The first-order valence-corrected chi connectivity index (χ1v) is 8.30. The van der Waals surface area contributed by atoms with Crippen LogP contribution in [0, 0.1) is 25.1 Å². The van der Waals surface area contributed by atoms with Gasteiger partial charge in [-0.3, -0.25) is 4.57 Å². The summed E-state index contributed by atoms with van der Waals surface area (Å²) in [6.07, 6.45) is 2.97. The SMILES string of the molecule is C#C[C@H]1O[C@@H](n2cnc3c(N(F)c4cccc(F)c4C)ncnc32)[C@H](O)[C@@H]1O. The standard InChI is InChI=1S/C18H15F2N5O3/c1-3-12-14(26)15(27)18(28-12)24-8-23-13-16(24)21-7-22-17(13)25(20)11-6-4-5-10(19)9(11)2/h1,4-8,12,14-15,18,26-27H,2H3/t12-,14-,15-,18-/m1/s1. The maximum atomic E-state index is 15.1. The molecule has 0 bridgehead atoms. The number of ether oxygens (including phenoxy) is 1. The molecule has 4 rings (SSSR count). The van der Waals surface area contributed by atoms with Crippen LogP contribution >= 0.6 is 0 Å². The lowest BCUT2D eigenvalue weighted by molar-refractivity contribution is -0.0230. The van der Waals surface area contributed by atoms with Gasteiger partial charge in [0.2, 0.25) is 0 Å². The molecule has 1 aliphatic rings. The van der Waals surface area contributed by atoms with Crippen molar-refractivity contribution in [2.75, 3.05) is 5.12 Å². The van der Waals surface area contributed by atoms with E-state index in [0.717, 1.165) is 6.33 Å². The van der Waals surface area contributed by atoms with Crippen LogP contribution in [0.15, 0.2) is 30.9 Å². The first-order valence-electron chi connectivity index (χ1n) is 8.30. The number of anilines is 2. The van der Waals surface area contributed by atoms with E-state index in [1.807, 2.05) is 0 Å². The summed E-state index contributed by atoms with van der Waals surface area (Å²) in [5.41, 5.74) is 0.277. The molecule has 2 N–H and O–H groups in total. The number of hydrogen-bond donors (Lipinski definition) is 2. The summed E-state index contributed by atoms with van der Waals surface area (Å²) >= 11 is 0. The van der Waals surface area contributed by atoms with Crippen LogP contribution in [0.25, 0.3) is 11.2 Å². The van der Waals surface area contributed by atoms with E-state index in [1.165, 1.54) is 36.0 Å². The molecule has 0 amide bonds. The summed E-state index contributed by atoms with van der Waals surface area (Å²) in [4.78, 5) is 12.1. The first-order chi connectivity index (χ1) is 13.4. The van der Waals surface area contributed by atoms with Crippen molar-refractivity contribution in [3.05, 3.63) is 42.2 Å². The number of halogens is 2. The highest BCUT2D eigenvalue weighted by Gasteiger charge is 2.43. The van der Waals surface area contributed by atoms with Crippen LogP contribution in [0.5, 0.6) is 0 Å². The van der Waals surface area contributed by atoms with Crippen LogP contribution in [0.1, 0.15) is 11.8 Å². The Kier molecular flexibility index (Phi) is 4.43. The Morgan fingerprint density at radius 1 is 1.25 bits per heavy atom. The lowest BCUT2D eigenvalue weighted by Gasteiger charge is -2.17. The van der Waals surface area contributed by atoms with Crippen LogP contribution in [0.2, 0.25) is 0 Å². The van der Waals surface area contributed by atoms with Crippen LogP contribution < -0.4 is 5.12 Å². The molecule has 0 spiro atoms. The molecule has 0 radical (unpaired) electrons. The maximum absolute atomic E-state index is 15.1. The Morgan fingerprint density at radius 2 is 2.04 bits per heavy atom. The molecule has 28 heavy (non-hydrogen) atoms. The molecule has 144 valence electrons. The average molecular weight is 387 g/mol. The average Bonchev–Trinajstić information content (AvgIpc) is 3.25. The van der Waals surface area contributed by atoms with E-state index in [1.54, 1.807) is 0 Å². The molecule has 0 aliphatic carbocycles. The molecule has 0 unspecified atom stereocenters. The van der Waals surface area contributed by atoms with E-state index in [0.29, 0.717) is 0 Å². The Labute approximate surface area is 158 Å². The van der Waals surface area contributed by atoms with Crippen LogP contribution in [-0.2, 0) is 4.74 Å². The van der Waals surface area contributed by atoms with Crippen LogP contribution in [0.4, 0.5) is 20.4 Å². The zero-order valence-electron chi connectivity index (χ0n) is 14.6. The zero-order chi connectivity index (χ0) is 20.0. The summed E-state index contributed by atoms with van der Waals surface area (Å²) in [6, 6.07) is 4.01. The van der Waals surface area contributed by atoms with Gasteiger partial charge >= 0.3 is 0 Å². The molecular formula is C18H15F2N5O3. The van der Waals surface area contributed by atoms with Crippen molar-refractivity contribution in [3.63, 3.8) is 0 Å². The van der Waals surface area contributed by atoms with Gasteiger partial charge in [0.05, 0.1) is 12.0 Å². The van der Waals surface area contributed by atoms with Crippen molar-refractivity contribution in [2.24, 2.45) is 0 Å². The normalized spacial score (nSPS) is 24.4. The second-order valence-corrected chi connectivity index (χ2v) is 6.28. The Morgan fingerprint density at radius 3 is 2.75 bits per heavy atom. The van der Waals surface area contributed by atoms with E-state index in [2.05, 4.69) is 20.9 Å². The van der Waals surface area contributed by atoms with E-state index >= 15 is 4.48 Å². The minimum Gasteiger partial charge on any atom is -0.386 e. The number of terminal acetylenes is 1. The third kappa shape index (κ3) is 2.68. The van der Waals surface area contributed by atoms with Crippen molar-refractivity contribution in [2.45, 2.75) is 31.5 Å². The molecule has 3 aromatic rings. The van der Waals surface area contributed by atoms with Gasteiger partial charge in [0.15, 0.2) is 23.2 Å². The number of hydrogen-bond acceptors (Lipinski definition) is 7. The number of nitrogens with zero attached hydrogens (tertiary/aromatic N) is 5. The molecule has 2 aromatic heterocycles. The summed E-state index contributed by atoms with van der Waals surface area (Å²) in [7, 11) is 0.